The van der Waals surface area contributed by atoms with Crippen LogP contribution in [0.25, 0.3) is 22.6 Å². The third-order valence-electron chi connectivity index (χ3n) is 7.17. The van der Waals surface area contributed by atoms with E-state index in [9.17, 15) is 14.9 Å². The van der Waals surface area contributed by atoms with Crippen LogP contribution in [0.3, 0.4) is 0 Å². The number of nitrogens with one attached hydrogen (secondary N) is 2. The lowest BCUT2D eigenvalue weighted by molar-refractivity contribution is -0.384. The number of fused-ring (bicyclic) bond motifs is 1. The van der Waals surface area contributed by atoms with E-state index in [1.807, 2.05) is 56.0 Å². The quantitative estimate of drug-likeness (QED) is 0.168. The molecule has 0 saturated carbocycles. The molecule has 3 aromatic carbocycles. The summed E-state index contributed by atoms with van der Waals surface area (Å²) in [6.45, 7) is 7.51. The summed E-state index contributed by atoms with van der Waals surface area (Å²) in [7, 11) is 0. The molecule has 1 amide bonds. The summed E-state index contributed by atoms with van der Waals surface area (Å²) in [5, 5.41) is 17.5. The molecule has 0 bridgehead atoms. The fraction of sp³-hybridized carbons (Fsp3) is 0.276. The summed E-state index contributed by atoms with van der Waals surface area (Å²) in [5.41, 5.74) is 6.70. The SMILES string of the molecule is Cc1cc2nc(-c3cccc(NC(=S)NC(=O)c4ccc(N5CCCCC5)c([N+](=O)[O-])c4)c3C)oc2cc1C. The molecule has 4 aromatic rings. The molecule has 0 spiro atoms. The molecule has 5 rings (SSSR count). The van der Waals surface area contributed by atoms with Gasteiger partial charge in [-0.25, -0.2) is 4.98 Å². The van der Waals surface area contributed by atoms with Crippen molar-refractivity contribution in [1.82, 2.24) is 10.3 Å². The molecule has 1 aliphatic rings. The lowest BCUT2D eigenvalue weighted by atomic mass is 10.1. The Morgan fingerprint density at radius 3 is 2.54 bits per heavy atom. The van der Waals surface area contributed by atoms with Gasteiger partial charge in [0, 0.05) is 36.0 Å². The zero-order chi connectivity index (χ0) is 27.7. The normalized spacial score (nSPS) is 13.4. The van der Waals surface area contributed by atoms with E-state index < -0.39 is 10.8 Å². The van der Waals surface area contributed by atoms with Crippen LogP contribution in [0.2, 0.25) is 0 Å². The number of nitro groups is 1. The number of piperidine rings is 1. The number of hydrogen-bond acceptors (Lipinski definition) is 7. The van der Waals surface area contributed by atoms with Gasteiger partial charge in [0.15, 0.2) is 10.7 Å². The lowest BCUT2D eigenvalue weighted by Gasteiger charge is -2.28. The number of rotatable bonds is 5. The molecule has 0 unspecified atom stereocenters. The first-order valence-electron chi connectivity index (χ1n) is 12.8. The maximum atomic E-state index is 12.9. The molecule has 1 fully saturated rings. The highest BCUT2D eigenvalue weighted by molar-refractivity contribution is 7.80. The van der Waals surface area contributed by atoms with Crippen molar-refractivity contribution in [3.8, 4) is 11.5 Å². The van der Waals surface area contributed by atoms with Crippen LogP contribution in [-0.2, 0) is 0 Å². The number of hydrogen-bond donors (Lipinski definition) is 2. The highest BCUT2D eigenvalue weighted by atomic mass is 32.1. The molecule has 1 aromatic heterocycles. The number of aryl methyl sites for hydroxylation is 2. The Kier molecular flexibility index (Phi) is 7.30. The Bertz CT molecular complexity index is 1570. The van der Waals surface area contributed by atoms with Gasteiger partial charge < -0.3 is 14.6 Å². The third kappa shape index (κ3) is 5.46. The van der Waals surface area contributed by atoms with Gasteiger partial charge in [0.1, 0.15) is 11.2 Å². The summed E-state index contributed by atoms with van der Waals surface area (Å²) < 4.78 is 6.04. The van der Waals surface area contributed by atoms with Crippen molar-refractivity contribution in [2.45, 2.75) is 40.0 Å². The number of thiocarbonyl (C=S) groups is 1. The smallest absolute Gasteiger partial charge is 0.293 e. The summed E-state index contributed by atoms with van der Waals surface area (Å²) in [6.07, 6.45) is 3.10. The molecule has 39 heavy (non-hydrogen) atoms. The van der Waals surface area contributed by atoms with Crippen LogP contribution in [-0.4, -0.2) is 34.0 Å². The summed E-state index contributed by atoms with van der Waals surface area (Å²) >= 11 is 5.40. The van der Waals surface area contributed by atoms with Crippen LogP contribution in [0.5, 0.6) is 0 Å². The van der Waals surface area contributed by atoms with Crippen LogP contribution in [0.4, 0.5) is 17.1 Å². The third-order valence-corrected chi connectivity index (χ3v) is 7.38. The first kappa shape index (κ1) is 26.3. The van der Waals surface area contributed by atoms with E-state index in [2.05, 4.69) is 15.6 Å². The Morgan fingerprint density at radius 1 is 1.05 bits per heavy atom. The van der Waals surface area contributed by atoms with Crippen molar-refractivity contribution in [2.24, 2.45) is 0 Å². The Hall–Kier alpha value is -4.31. The van der Waals surface area contributed by atoms with E-state index in [0.29, 0.717) is 22.8 Å². The summed E-state index contributed by atoms with van der Waals surface area (Å²) in [6, 6.07) is 14.1. The van der Waals surface area contributed by atoms with Crippen LogP contribution in [0.1, 0.15) is 46.3 Å². The molecule has 10 heteroatoms. The van der Waals surface area contributed by atoms with Crippen molar-refractivity contribution in [2.75, 3.05) is 23.3 Å². The largest absolute Gasteiger partial charge is 0.436 e. The maximum absolute atomic E-state index is 12.9. The van der Waals surface area contributed by atoms with E-state index in [1.165, 1.54) is 6.07 Å². The second-order valence-corrected chi connectivity index (χ2v) is 10.2. The molecule has 200 valence electrons. The van der Waals surface area contributed by atoms with E-state index in [-0.39, 0.29) is 16.4 Å². The first-order valence-corrected chi connectivity index (χ1v) is 13.3. The molecule has 2 heterocycles. The van der Waals surface area contributed by atoms with Crippen molar-refractivity contribution in [1.29, 1.82) is 0 Å². The zero-order valence-electron chi connectivity index (χ0n) is 22.0. The number of benzene rings is 3. The van der Waals surface area contributed by atoms with Gasteiger partial charge in [-0.15, -0.1) is 0 Å². The fourth-order valence-electron chi connectivity index (χ4n) is 4.84. The minimum Gasteiger partial charge on any atom is -0.436 e. The Balaban J connectivity index is 1.32. The van der Waals surface area contributed by atoms with E-state index in [4.69, 9.17) is 16.6 Å². The number of nitrogens with zero attached hydrogens (tertiary/aromatic N) is 3. The number of carbonyl (C=O) groups excluding carboxylic acids is 1. The Morgan fingerprint density at radius 2 is 1.79 bits per heavy atom. The molecule has 0 radical (unpaired) electrons. The van der Waals surface area contributed by atoms with Gasteiger partial charge in [-0.1, -0.05) is 6.07 Å². The van der Waals surface area contributed by atoms with Crippen molar-refractivity contribution in [3.05, 3.63) is 80.9 Å². The molecule has 2 N–H and O–H groups in total. The predicted molar refractivity (Wildman–Crippen MR) is 157 cm³/mol. The number of carbonyl (C=O) groups is 1. The number of amides is 1. The topological polar surface area (TPSA) is 114 Å². The molecular formula is C29H29N5O4S. The second kappa shape index (κ2) is 10.8. The maximum Gasteiger partial charge on any atom is 0.293 e. The summed E-state index contributed by atoms with van der Waals surface area (Å²) in [5.74, 6) is -0.0356. The van der Waals surface area contributed by atoms with E-state index in [0.717, 1.165) is 60.1 Å². The molecule has 1 saturated heterocycles. The van der Waals surface area contributed by atoms with Crippen molar-refractivity contribution < 1.29 is 14.1 Å². The monoisotopic (exact) mass is 543 g/mol. The van der Waals surface area contributed by atoms with Gasteiger partial charge in [0.25, 0.3) is 11.6 Å². The minimum absolute atomic E-state index is 0.0758. The highest BCUT2D eigenvalue weighted by Gasteiger charge is 2.23. The van der Waals surface area contributed by atoms with Crippen molar-refractivity contribution in [3.63, 3.8) is 0 Å². The van der Waals surface area contributed by atoms with Gasteiger partial charge in [-0.3, -0.25) is 20.2 Å². The van der Waals surface area contributed by atoms with Gasteiger partial charge >= 0.3 is 0 Å². The number of nitro benzene ring substituents is 1. The number of oxazole rings is 1. The lowest BCUT2D eigenvalue weighted by Crippen LogP contribution is -2.34. The Labute approximate surface area is 231 Å². The molecule has 1 aliphatic heterocycles. The average Bonchev–Trinajstić information content (AvgIpc) is 3.32. The number of anilines is 2. The van der Waals surface area contributed by atoms with Crippen LogP contribution < -0.4 is 15.5 Å². The molecule has 0 atom stereocenters. The fourth-order valence-corrected chi connectivity index (χ4v) is 5.04. The van der Waals surface area contributed by atoms with E-state index in [1.54, 1.807) is 12.1 Å². The van der Waals surface area contributed by atoms with Crippen molar-refractivity contribution >= 4 is 51.4 Å². The number of aromatic nitrogens is 1. The summed E-state index contributed by atoms with van der Waals surface area (Å²) in [4.78, 5) is 30.9. The van der Waals surface area contributed by atoms with Crippen LogP contribution in [0, 0.1) is 30.9 Å². The molecule has 0 aliphatic carbocycles. The minimum atomic E-state index is -0.528. The molecular weight excluding hydrogens is 514 g/mol. The van der Waals surface area contributed by atoms with Gasteiger partial charge in [0.05, 0.1) is 4.92 Å². The second-order valence-electron chi connectivity index (χ2n) is 9.82. The average molecular weight is 544 g/mol. The first-order chi connectivity index (χ1) is 18.7. The van der Waals surface area contributed by atoms with Gasteiger partial charge in [-0.05, 0) is 105 Å². The zero-order valence-corrected chi connectivity index (χ0v) is 22.9. The van der Waals surface area contributed by atoms with E-state index >= 15 is 0 Å². The molecule has 9 nitrogen and oxygen atoms in total. The van der Waals surface area contributed by atoms with Gasteiger partial charge in [-0.2, -0.15) is 0 Å². The standard InChI is InChI=1S/C29H29N5O4S/c1-17-14-23-26(15-18(17)2)38-28(30-23)21-8-7-9-22(19(21)3)31-29(39)32-27(35)20-10-11-24(25(16-20)34(36)37)33-12-5-4-6-13-33/h7-11,14-16H,4-6,12-13H2,1-3H3,(H2,31,32,35,39). The van der Waals surface area contributed by atoms with Crippen LogP contribution >= 0.6 is 12.2 Å². The predicted octanol–water partition coefficient (Wildman–Crippen LogP) is 6.45. The van der Waals surface area contributed by atoms with Gasteiger partial charge in [0.2, 0.25) is 5.89 Å². The highest BCUT2D eigenvalue weighted by Crippen LogP contribution is 2.33. The van der Waals surface area contributed by atoms with Crippen LogP contribution in [0.15, 0.2) is 52.9 Å².